The first kappa shape index (κ1) is 16.5. The summed E-state index contributed by atoms with van der Waals surface area (Å²) < 4.78 is 11.5. The fraction of sp³-hybridized carbons (Fsp3) is 0.600. The normalized spacial score (nSPS) is 15.1. The zero-order valence-electron chi connectivity index (χ0n) is 12.2. The van der Waals surface area contributed by atoms with Gasteiger partial charge in [0.15, 0.2) is 0 Å². The Bertz CT molecular complexity index is 412. The molecule has 0 aliphatic carbocycles. The first-order valence-electron chi connectivity index (χ1n) is 6.33. The summed E-state index contributed by atoms with van der Waals surface area (Å²) in [7, 11) is 3.28. The predicted octanol–water partition coefficient (Wildman–Crippen LogP) is 3.42. The van der Waals surface area contributed by atoms with Crippen molar-refractivity contribution in [2.24, 2.45) is 5.41 Å². The summed E-state index contributed by atoms with van der Waals surface area (Å²) in [5.74, 6) is 0.789. The molecule has 0 amide bonds. The van der Waals surface area contributed by atoms with E-state index in [0.717, 1.165) is 15.8 Å². The van der Waals surface area contributed by atoms with Crippen LogP contribution in [0, 0.1) is 5.41 Å². The van der Waals surface area contributed by atoms with E-state index in [-0.39, 0.29) is 11.5 Å². The van der Waals surface area contributed by atoms with Crippen LogP contribution in [-0.4, -0.2) is 31.5 Å². The first-order valence-corrected chi connectivity index (χ1v) is 7.12. The van der Waals surface area contributed by atoms with E-state index in [2.05, 4.69) is 36.7 Å². The van der Waals surface area contributed by atoms with Crippen molar-refractivity contribution >= 4 is 15.9 Å². The van der Waals surface area contributed by atoms with Gasteiger partial charge < -0.3 is 14.6 Å². The molecule has 0 aromatic heterocycles. The molecule has 19 heavy (non-hydrogen) atoms. The van der Waals surface area contributed by atoms with Gasteiger partial charge in [-0.05, 0) is 39.0 Å². The molecule has 1 aromatic carbocycles. The van der Waals surface area contributed by atoms with Gasteiger partial charge in [0.1, 0.15) is 5.75 Å². The van der Waals surface area contributed by atoms with Gasteiger partial charge in [-0.25, -0.2) is 0 Å². The van der Waals surface area contributed by atoms with Crippen molar-refractivity contribution < 1.29 is 14.6 Å². The van der Waals surface area contributed by atoms with Crippen LogP contribution in [0.15, 0.2) is 22.7 Å². The standard InChI is InChI=1S/C15H23BrO3/c1-15(2,3)14(19-5)12(17)9-10-6-7-13(18-4)11(16)8-10/h6-8,12,14,17H,9H2,1-5H3. The topological polar surface area (TPSA) is 38.7 Å². The van der Waals surface area contributed by atoms with Gasteiger partial charge in [0.05, 0.1) is 23.8 Å². The van der Waals surface area contributed by atoms with Crippen molar-refractivity contribution in [1.29, 1.82) is 0 Å². The average Bonchev–Trinajstić information content (AvgIpc) is 2.28. The van der Waals surface area contributed by atoms with E-state index < -0.39 is 6.10 Å². The smallest absolute Gasteiger partial charge is 0.133 e. The van der Waals surface area contributed by atoms with Crippen LogP contribution in [0.2, 0.25) is 0 Å². The Hall–Kier alpha value is -0.580. The van der Waals surface area contributed by atoms with Gasteiger partial charge in [-0.1, -0.05) is 26.8 Å². The molecular weight excluding hydrogens is 308 g/mol. The molecule has 0 aliphatic heterocycles. The van der Waals surface area contributed by atoms with E-state index in [1.807, 2.05) is 18.2 Å². The zero-order valence-corrected chi connectivity index (χ0v) is 13.8. The maximum Gasteiger partial charge on any atom is 0.133 e. The molecule has 2 atom stereocenters. The Morgan fingerprint density at radius 2 is 1.89 bits per heavy atom. The van der Waals surface area contributed by atoms with Gasteiger partial charge in [-0.15, -0.1) is 0 Å². The van der Waals surface area contributed by atoms with Crippen molar-refractivity contribution in [2.75, 3.05) is 14.2 Å². The van der Waals surface area contributed by atoms with Crippen LogP contribution in [0.1, 0.15) is 26.3 Å². The van der Waals surface area contributed by atoms with Crippen LogP contribution in [0.25, 0.3) is 0 Å². The van der Waals surface area contributed by atoms with E-state index in [0.29, 0.717) is 6.42 Å². The Morgan fingerprint density at radius 1 is 1.26 bits per heavy atom. The number of hydrogen-bond donors (Lipinski definition) is 1. The first-order chi connectivity index (χ1) is 8.79. The Morgan fingerprint density at radius 3 is 2.32 bits per heavy atom. The Labute approximate surface area is 124 Å². The fourth-order valence-electron chi connectivity index (χ4n) is 2.27. The lowest BCUT2D eigenvalue weighted by molar-refractivity contribution is -0.0699. The highest BCUT2D eigenvalue weighted by molar-refractivity contribution is 9.10. The summed E-state index contributed by atoms with van der Waals surface area (Å²) in [5.41, 5.74) is 0.948. The molecule has 0 saturated carbocycles. The van der Waals surface area contributed by atoms with E-state index in [9.17, 15) is 5.11 Å². The molecule has 0 radical (unpaired) electrons. The highest BCUT2D eigenvalue weighted by Gasteiger charge is 2.31. The van der Waals surface area contributed by atoms with Crippen LogP contribution in [0.4, 0.5) is 0 Å². The molecule has 0 spiro atoms. The number of aliphatic hydroxyl groups is 1. The second-order valence-corrected chi connectivity index (χ2v) is 6.62. The second kappa shape index (κ2) is 6.73. The van der Waals surface area contributed by atoms with Gasteiger partial charge in [0.2, 0.25) is 0 Å². The minimum absolute atomic E-state index is 0.0993. The molecule has 0 heterocycles. The van der Waals surface area contributed by atoms with Gasteiger partial charge in [-0.2, -0.15) is 0 Å². The molecule has 0 fully saturated rings. The SMILES string of the molecule is COc1ccc(CC(O)C(OC)C(C)(C)C)cc1Br. The number of halogens is 1. The molecule has 2 unspecified atom stereocenters. The molecule has 1 rings (SSSR count). The summed E-state index contributed by atoms with van der Waals surface area (Å²) in [6.45, 7) is 6.19. The highest BCUT2D eigenvalue weighted by atomic mass is 79.9. The van der Waals surface area contributed by atoms with Crippen molar-refractivity contribution in [1.82, 2.24) is 0 Å². The van der Waals surface area contributed by atoms with E-state index in [1.165, 1.54) is 0 Å². The molecule has 0 bridgehead atoms. The molecule has 0 saturated heterocycles. The number of ether oxygens (including phenoxy) is 2. The lowest BCUT2D eigenvalue weighted by Crippen LogP contribution is -2.40. The van der Waals surface area contributed by atoms with Gasteiger partial charge in [-0.3, -0.25) is 0 Å². The zero-order chi connectivity index (χ0) is 14.6. The largest absolute Gasteiger partial charge is 0.496 e. The fourth-order valence-corrected chi connectivity index (χ4v) is 2.86. The minimum atomic E-state index is -0.537. The van der Waals surface area contributed by atoms with Crippen molar-refractivity contribution in [3.05, 3.63) is 28.2 Å². The van der Waals surface area contributed by atoms with Gasteiger partial charge in [0, 0.05) is 13.5 Å². The summed E-state index contributed by atoms with van der Waals surface area (Å²) in [6.07, 6.45) is -0.183. The van der Waals surface area contributed by atoms with Crippen molar-refractivity contribution in [3.63, 3.8) is 0 Å². The third kappa shape index (κ3) is 4.48. The van der Waals surface area contributed by atoms with Crippen molar-refractivity contribution in [2.45, 2.75) is 39.4 Å². The molecule has 0 aliphatic rings. The van der Waals surface area contributed by atoms with Crippen molar-refractivity contribution in [3.8, 4) is 5.75 Å². The van der Waals surface area contributed by atoms with Crippen LogP contribution < -0.4 is 4.74 Å². The molecule has 108 valence electrons. The highest BCUT2D eigenvalue weighted by Crippen LogP contribution is 2.29. The number of benzene rings is 1. The van der Waals surface area contributed by atoms with Crippen LogP contribution >= 0.6 is 15.9 Å². The molecule has 1 aromatic rings. The summed E-state index contributed by atoms with van der Waals surface area (Å²) >= 11 is 3.45. The predicted molar refractivity (Wildman–Crippen MR) is 80.7 cm³/mol. The van der Waals surface area contributed by atoms with Crippen LogP contribution in [0.3, 0.4) is 0 Å². The lowest BCUT2D eigenvalue weighted by Gasteiger charge is -2.33. The molecule has 4 heteroatoms. The molecule has 1 N–H and O–H groups in total. The number of methoxy groups -OCH3 is 2. The maximum atomic E-state index is 10.3. The van der Waals surface area contributed by atoms with Gasteiger partial charge >= 0.3 is 0 Å². The summed E-state index contributed by atoms with van der Waals surface area (Å²) in [4.78, 5) is 0. The number of hydrogen-bond acceptors (Lipinski definition) is 3. The van der Waals surface area contributed by atoms with E-state index in [1.54, 1.807) is 14.2 Å². The molecule has 3 nitrogen and oxygen atoms in total. The van der Waals surface area contributed by atoms with Gasteiger partial charge in [0.25, 0.3) is 0 Å². The number of aliphatic hydroxyl groups excluding tert-OH is 1. The maximum absolute atomic E-state index is 10.3. The summed E-state index contributed by atoms with van der Waals surface area (Å²) in [5, 5.41) is 10.3. The number of rotatable bonds is 5. The summed E-state index contributed by atoms with van der Waals surface area (Å²) in [6, 6.07) is 5.82. The third-order valence-corrected chi connectivity index (χ3v) is 3.74. The Kier molecular flexibility index (Phi) is 5.83. The van der Waals surface area contributed by atoms with E-state index >= 15 is 0 Å². The minimum Gasteiger partial charge on any atom is -0.496 e. The molecular formula is C15H23BrO3. The van der Waals surface area contributed by atoms with Crippen LogP contribution in [-0.2, 0) is 11.2 Å². The van der Waals surface area contributed by atoms with E-state index in [4.69, 9.17) is 9.47 Å². The monoisotopic (exact) mass is 330 g/mol. The third-order valence-electron chi connectivity index (χ3n) is 3.12. The second-order valence-electron chi connectivity index (χ2n) is 5.76. The van der Waals surface area contributed by atoms with Crippen LogP contribution in [0.5, 0.6) is 5.75 Å². The lowest BCUT2D eigenvalue weighted by atomic mass is 9.84. The Balaban J connectivity index is 2.81. The quantitative estimate of drug-likeness (QED) is 0.898. The average molecular weight is 331 g/mol.